The first kappa shape index (κ1) is 21.9. The number of benzene rings is 3. The Labute approximate surface area is 200 Å². The summed E-state index contributed by atoms with van der Waals surface area (Å²) < 4.78 is 26.5. The maximum atomic E-state index is 13.5. The number of thiazole rings is 1. The summed E-state index contributed by atoms with van der Waals surface area (Å²) in [5, 5.41) is 2.33. The molecule has 1 aromatic heterocycles. The lowest BCUT2D eigenvalue weighted by atomic mass is 10.0. The summed E-state index contributed by atoms with van der Waals surface area (Å²) in [6.07, 6.45) is 1.58. The average Bonchev–Trinajstić information content (AvgIpc) is 3.36. The molecule has 1 aliphatic heterocycles. The van der Waals surface area contributed by atoms with Crippen molar-refractivity contribution in [2.24, 2.45) is 0 Å². The summed E-state index contributed by atoms with van der Waals surface area (Å²) in [4.78, 5) is 32.2. The fourth-order valence-electron chi connectivity index (χ4n) is 3.88. The van der Waals surface area contributed by atoms with Gasteiger partial charge in [0.05, 0.1) is 15.5 Å². The minimum absolute atomic E-state index is 0.0486. The molecule has 0 aliphatic carbocycles. The Hall–Kier alpha value is -3.88. The van der Waals surface area contributed by atoms with Crippen molar-refractivity contribution in [2.45, 2.75) is 9.79 Å². The molecule has 2 heterocycles. The monoisotopic (exact) mass is 486 g/mol. The van der Waals surface area contributed by atoms with Crippen LogP contribution in [-0.4, -0.2) is 31.6 Å². The van der Waals surface area contributed by atoms with Gasteiger partial charge in [-0.25, -0.2) is 13.4 Å². The number of ketones is 1. The number of amides is 1. The van der Waals surface area contributed by atoms with Crippen molar-refractivity contribution in [3.05, 3.63) is 108 Å². The number of nitrogens with zero attached hydrogens (tertiary/aromatic N) is 2. The summed E-state index contributed by atoms with van der Waals surface area (Å²) in [6, 6.07) is 19.9. The van der Waals surface area contributed by atoms with Gasteiger partial charge in [-0.3, -0.25) is 14.5 Å². The molecule has 0 saturated heterocycles. The third-order valence-electron chi connectivity index (χ3n) is 5.53. The largest absolute Gasteiger partial charge is 0.289 e. The molecule has 0 radical (unpaired) electrons. The maximum absolute atomic E-state index is 13.5. The molecule has 0 unspecified atom stereocenters. The SMILES string of the molecule is C=CCN(C(=O)c1ccc2c(c1)S(=O)(=O)c1ccccc1C2=O)c1nc(-c2ccccc2)cs1. The van der Waals surface area contributed by atoms with Crippen molar-refractivity contribution in [1.82, 2.24) is 4.98 Å². The standard InChI is InChI=1S/C26H18N2O4S2/c1-2-14-28(26-27-21(16-33-26)17-8-4-3-5-9-17)25(30)18-12-13-20-23(15-18)34(31,32)22-11-7-6-10-19(22)24(20)29/h2-13,15-16H,1,14H2. The molecule has 34 heavy (non-hydrogen) atoms. The molecule has 6 nitrogen and oxygen atoms in total. The quantitative estimate of drug-likeness (QED) is 0.326. The smallest absolute Gasteiger partial charge is 0.260 e. The number of hydrogen-bond acceptors (Lipinski definition) is 6. The molecule has 5 rings (SSSR count). The van der Waals surface area contributed by atoms with Crippen LogP contribution in [0.4, 0.5) is 5.13 Å². The van der Waals surface area contributed by atoms with Crippen LogP contribution in [0.1, 0.15) is 26.3 Å². The normalized spacial score (nSPS) is 13.6. The van der Waals surface area contributed by atoms with E-state index in [4.69, 9.17) is 0 Å². The Morgan fingerprint density at radius 3 is 2.44 bits per heavy atom. The fraction of sp³-hybridized carbons (Fsp3) is 0.0385. The second-order valence-electron chi connectivity index (χ2n) is 7.63. The topological polar surface area (TPSA) is 84.4 Å². The lowest BCUT2D eigenvalue weighted by Crippen LogP contribution is -2.31. The van der Waals surface area contributed by atoms with Gasteiger partial charge < -0.3 is 0 Å². The fourth-order valence-corrected chi connectivity index (χ4v) is 6.40. The second kappa shape index (κ2) is 8.48. The van der Waals surface area contributed by atoms with Crippen LogP contribution < -0.4 is 4.90 Å². The van der Waals surface area contributed by atoms with Crippen LogP contribution in [0.5, 0.6) is 0 Å². The molecular weight excluding hydrogens is 468 g/mol. The van der Waals surface area contributed by atoms with Gasteiger partial charge >= 0.3 is 0 Å². The predicted octanol–water partition coefficient (Wildman–Crippen LogP) is 5.02. The van der Waals surface area contributed by atoms with E-state index in [-0.39, 0.29) is 38.8 Å². The van der Waals surface area contributed by atoms with Crippen LogP contribution in [0.2, 0.25) is 0 Å². The van der Waals surface area contributed by atoms with E-state index in [1.165, 1.54) is 46.6 Å². The first-order valence-corrected chi connectivity index (χ1v) is 12.7. The van der Waals surface area contributed by atoms with E-state index in [1.807, 2.05) is 35.7 Å². The van der Waals surface area contributed by atoms with E-state index in [0.717, 1.165) is 11.3 Å². The zero-order valence-electron chi connectivity index (χ0n) is 17.8. The third-order valence-corrected chi connectivity index (χ3v) is 8.25. The van der Waals surface area contributed by atoms with Crippen LogP contribution in [0, 0.1) is 0 Å². The van der Waals surface area contributed by atoms with Crippen molar-refractivity contribution in [3.8, 4) is 11.3 Å². The highest BCUT2D eigenvalue weighted by atomic mass is 32.2. The summed E-state index contributed by atoms with van der Waals surface area (Å²) >= 11 is 1.31. The zero-order chi connectivity index (χ0) is 23.9. The van der Waals surface area contributed by atoms with Gasteiger partial charge in [0.2, 0.25) is 9.84 Å². The highest BCUT2D eigenvalue weighted by Crippen LogP contribution is 2.35. The number of fused-ring (bicyclic) bond motifs is 2. The number of carbonyl (C=O) groups excluding carboxylic acids is 2. The van der Waals surface area contributed by atoms with Gasteiger partial charge in [0, 0.05) is 34.2 Å². The number of rotatable bonds is 5. The first-order valence-electron chi connectivity index (χ1n) is 10.4. The zero-order valence-corrected chi connectivity index (χ0v) is 19.5. The van der Waals surface area contributed by atoms with Gasteiger partial charge in [0.15, 0.2) is 10.9 Å². The number of anilines is 1. The Morgan fingerprint density at radius 2 is 1.68 bits per heavy atom. The number of sulfone groups is 1. The Bertz CT molecular complexity index is 1560. The lowest BCUT2D eigenvalue weighted by molar-refractivity contribution is 0.0986. The molecule has 168 valence electrons. The van der Waals surface area contributed by atoms with Crippen molar-refractivity contribution < 1.29 is 18.0 Å². The van der Waals surface area contributed by atoms with Crippen LogP contribution >= 0.6 is 11.3 Å². The van der Waals surface area contributed by atoms with E-state index in [1.54, 1.807) is 18.2 Å². The van der Waals surface area contributed by atoms with Gasteiger partial charge in [-0.15, -0.1) is 17.9 Å². The molecule has 4 aromatic rings. The molecule has 0 bridgehead atoms. The van der Waals surface area contributed by atoms with Crippen LogP contribution in [0.3, 0.4) is 0 Å². The number of carbonyl (C=O) groups is 2. The predicted molar refractivity (Wildman–Crippen MR) is 131 cm³/mol. The Balaban J connectivity index is 1.54. The number of hydrogen-bond donors (Lipinski definition) is 0. The molecule has 1 amide bonds. The van der Waals surface area contributed by atoms with Gasteiger partial charge in [0.1, 0.15) is 0 Å². The molecule has 0 saturated carbocycles. The molecule has 0 atom stereocenters. The molecule has 8 heteroatoms. The number of aromatic nitrogens is 1. The maximum Gasteiger partial charge on any atom is 0.260 e. The van der Waals surface area contributed by atoms with E-state index >= 15 is 0 Å². The van der Waals surface area contributed by atoms with Gasteiger partial charge in [0.25, 0.3) is 5.91 Å². The summed E-state index contributed by atoms with van der Waals surface area (Å²) in [5.41, 5.74) is 2.00. The van der Waals surface area contributed by atoms with Crippen molar-refractivity contribution in [3.63, 3.8) is 0 Å². The van der Waals surface area contributed by atoms with Crippen LogP contribution in [0.25, 0.3) is 11.3 Å². The van der Waals surface area contributed by atoms with Crippen molar-refractivity contribution >= 4 is 38.0 Å². The third kappa shape index (κ3) is 3.57. The van der Waals surface area contributed by atoms with Gasteiger partial charge in [-0.1, -0.05) is 48.5 Å². The van der Waals surface area contributed by atoms with Crippen molar-refractivity contribution in [2.75, 3.05) is 11.4 Å². The summed E-state index contributed by atoms with van der Waals surface area (Å²) in [6.45, 7) is 3.92. The lowest BCUT2D eigenvalue weighted by Gasteiger charge is -2.21. The van der Waals surface area contributed by atoms with E-state index in [0.29, 0.717) is 5.13 Å². The molecule has 0 N–H and O–H groups in total. The molecule has 1 aliphatic rings. The first-order chi connectivity index (χ1) is 16.4. The summed E-state index contributed by atoms with van der Waals surface area (Å²) in [5.74, 6) is -0.812. The van der Waals surface area contributed by atoms with Gasteiger partial charge in [-0.2, -0.15) is 0 Å². The Morgan fingerprint density at radius 1 is 0.971 bits per heavy atom. The van der Waals surface area contributed by atoms with E-state index < -0.39 is 15.7 Å². The average molecular weight is 487 g/mol. The van der Waals surface area contributed by atoms with Gasteiger partial charge in [-0.05, 0) is 30.3 Å². The minimum atomic E-state index is -3.95. The van der Waals surface area contributed by atoms with E-state index in [2.05, 4.69) is 11.6 Å². The highest BCUT2D eigenvalue weighted by molar-refractivity contribution is 7.91. The second-order valence-corrected chi connectivity index (χ2v) is 10.3. The van der Waals surface area contributed by atoms with E-state index in [9.17, 15) is 18.0 Å². The molecule has 0 spiro atoms. The summed E-state index contributed by atoms with van der Waals surface area (Å²) in [7, 11) is -3.95. The van der Waals surface area contributed by atoms with Crippen LogP contribution in [0.15, 0.2) is 101 Å². The molecule has 0 fully saturated rings. The minimum Gasteiger partial charge on any atom is -0.289 e. The molecular formula is C26H18N2O4S2. The van der Waals surface area contributed by atoms with Crippen LogP contribution in [-0.2, 0) is 9.84 Å². The highest BCUT2D eigenvalue weighted by Gasteiger charge is 2.35. The van der Waals surface area contributed by atoms with Crippen molar-refractivity contribution in [1.29, 1.82) is 0 Å². The molecule has 3 aromatic carbocycles. The Kier molecular flexibility index (Phi) is 5.47.